The zero-order valence-corrected chi connectivity index (χ0v) is 22.5. The minimum atomic E-state index is -0.287. The molecule has 3 N–H and O–H groups in total. The van der Waals surface area contributed by atoms with E-state index in [1.165, 1.54) is 6.33 Å². The Hall–Kier alpha value is -4.47. The maximum atomic E-state index is 11.7. The molecule has 40 heavy (non-hydrogen) atoms. The topological polar surface area (TPSA) is 119 Å². The number of nitrogens with one attached hydrogen (secondary N) is 1. The number of rotatable bonds is 9. The van der Waals surface area contributed by atoms with Gasteiger partial charge in [0.2, 0.25) is 5.91 Å². The zero-order chi connectivity index (χ0) is 26.6. The van der Waals surface area contributed by atoms with Gasteiger partial charge in [0.25, 0.3) is 0 Å². The minimum Gasteiger partial charge on any atom is -0.489 e. The Bertz CT molecular complexity index is 1590. The number of primary amides is 1. The molecule has 1 fully saturated rings. The van der Waals surface area contributed by atoms with E-state index in [1.807, 2.05) is 72.8 Å². The van der Waals surface area contributed by atoms with E-state index in [0.717, 1.165) is 47.5 Å². The number of halogens is 1. The summed E-state index contributed by atoms with van der Waals surface area (Å²) in [5.41, 5.74) is 8.93. The van der Waals surface area contributed by atoms with Crippen LogP contribution in [-0.4, -0.2) is 38.3 Å². The lowest BCUT2D eigenvalue weighted by Crippen LogP contribution is -2.39. The first kappa shape index (κ1) is 27.1. The maximum Gasteiger partial charge on any atom is 0.234 e. The van der Waals surface area contributed by atoms with Crippen molar-refractivity contribution >= 4 is 40.7 Å². The highest BCUT2D eigenvalue weighted by Gasteiger charge is 2.29. The molecule has 1 amide bonds. The van der Waals surface area contributed by atoms with E-state index in [4.69, 9.17) is 14.9 Å². The number of nitrogens with zero attached hydrogens (tertiary/aromatic N) is 4. The first-order valence-corrected chi connectivity index (χ1v) is 12.9. The van der Waals surface area contributed by atoms with Crippen LogP contribution in [0.2, 0.25) is 0 Å². The van der Waals surface area contributed by atoms with Gasteiger partial charge in [0.15, 0.2) is 5.76 Å². The fourth-order valence-electron chi connectivity index (χ4n) is 4.84. The second-order valence-electron chi connectivity index (χ2n) is 9.53. The number of amides is 1. The highest BCUT2D eigenvalue weighted by molar-refractivity contribution is 5.92. The molecule has 1 aliphatic heterocycles. The number of carbonyl (C=O) groups excluding carboxylic acids is 1. The Labute approximate surface area is 237 Å². The highest BCUT2D eigenvalue weighted by Crippen LogP contribution is 2.29. The summed E-state index contributed by atoms with van der Waals surface area (Å²) < 4.78 is 12.0. The molecule has 0 bridgehead atoms. The molecule has 3 aromatic heterocycles. The molecular formula is C30H29ClN6O3. The third-order valence-electron chi connectivity index (χ3n) is 6.85. The summed E-state index contributed by atoms with van der Waals surface area (Å²) in [7, 11) is 0. The molecule has 1 aliphatic rings. The van der Waals surface area contributed by atoms with Gasteiger partial charge >= 0.3 is 0 Å². The second-order valence-corrected chi connectivity index (χ2v) is 9.53. The Kier molecular flexibility index (Phi) is 8.23. The van der Waals surface area contributed by atoms with Crippen molar-refractivity contribution in [2.75, 3.05) is 11.9 Å². The number of anilines is 2. The Morgan fingerprint density at radius 1 is 1.05 bits per heavy atom. The molecule has 204 valence electrons. The van der Waals surface area contributed by atoms with Gasteiger partial charge in [-0.2, -0.15) is 0 Å². The monoisotopic (exact) mass is 556 g/mol. The van der Waals surface area contributed by atoms with E-state index in [2.05, 4.69) is 25.2 Å². The first-order valence-electron chi connectivity index (χ1n) is 12.9. The van der Waals surface area contributed by atoms with Crippen molar-refractivity contribution in [3.8, 4) is 17.2 Å². The summed E-state index contributed by atoms with van der Waals surface area (Å²) >= 11 is 0. The molecule has 1 unspecified atom stereocenters. The largest absolute Gasteiger partial charge is 0.489 e. The Morgan fingerprint density at radius 2 is 1.88 bits per heavy atom. The molecule has 4 heterocycles. The van der Waals surface area contributed by atoms with Crippen LogP contribution in [0.3, 0.4) is 0 Å². The fourth-order valence-corrected chi connectivity index (χ4v) is 4.84. The molecule has 6 rings (SSSR count). The van der Waals surface area contributed by atoms with Gasteiger partial charge in [-0.25, -0.2) is 9.97 Å². The van der Waals surface area contributed by atoms with Crippen molar-refractivity contribution in [3.05, 3.63) is 96.6 Å². The number of pyridine rings is 1. The predicted octanol–water partition coefficient (Wildman–Crippen LogP) is 5.48. The number of aromatic nitrogens is 3. The van der Waals surface area contributed by atoms with Crippen molar-refractivity contribution in [2.45, 2.75) is 32.0 Å². The van der Waals surface area contributed by atoms with Gasteiger partial charge in [-0.05, 0) is 67.4 Å². The number of nitrogens with two attached hydrogens (primary N) is 1. The Balaban J connectivity index is 0.00000323. The predicted molar refractivity (Wildman–Crippen MR) is 155 cm³/mol. The molecule has 0 spiro atoms. The number of hydrogen-bond acceptors (Lipinski definition) is 8. The van der Waals surface area contributed by atoms with Crippen LogP contribution in [0.25, 0.3) is 22.4 Å². The smallest absolute Gasteiger partial charge is 0.234 e. The summed E-state index contributed by atoms with van der Waals surface area (Å²) in [5.74, 6) is 2.56. The average Bonchev–Trinajstić information content (AvgIpc) is 3.63. The molecular weight excluding hydrogens is 528 g/mol. The lowest BCUT2D eigenvalue weighted by Gasteiger charge is -2.20. The zero-order valence-electron chi connectivity index (χ0n) is 21.7. The molecule has 10 heteroatoms. The molecule has 2 aromatic carbocycles. The van der Waals surface area contributed by atoms with Crippen LogP contribution in [0.15, 0.2) is 89.7 Å². The average molecular weight is 557 g/mol. The quantitative estimate of drug-likeness (QED) is 0.245. The van der Waals surface area contributed by atoms with Crippen molar-refractivity contribution in [1.29, 1.82) is 0 Å². The third kappa shape index (κ3) is 6.06. The summed E-state index contributed by atoms with van der Waals surface area (Å²) in [6, 6.07) is 23.3. The Morgan fingerprint density at radius 3 is 2.67 bits per heavy atom. The number of likely N-dealkylation sites (tertiary alicyclic amines) is 1. The summed E-state index contributed by atoms with van der Waals surface area (Å²) in [5, 5.41) is 4.20. The van der Waals surface area contributed by atoms with Crippen molar-refractivity contribution in [2.24, 2.45) is 5.73 Å². The molecule has 0 saturated carbocycles. The number of hydrogen-bond donors (Lipinski definition) is 2. The van der Waals surface area contributed by atoms with Crippen LogP contribution in [-0.2, 0) is 17.9 Å². The molecule has 5 aromatic rings. The molecule has 1 saturated heterocycles. The first-order chi connectivity index (χ1) is 19.1. The summed E-state index contributed by atoms with van der Waals surface area (Å²) in [4.78, 5) is 27.2. The lowest BCUT2D eigenvalue weighted by atomic mass is 10.2. The second kappa shape index (κ2) is 12.1. The number of fused-ring (bicyclic) bond motifs is 1. The summed E-state index contributed by atoms with van der Waals surface area (Å²) in [6.07, 6.45) is 4.96. The van der Waals surface area contributed by atoms with Gasteiger partial charge in [-0.1, -0.05) is 30.3 Å². The SMILES string of the molecule is Cl.NC(=O)C1CCCN1Cc1ccc(-c2cc3c(Nc4ccc(OCc5ccccc5)cc4)ncnc3cn2)o1. The number of carbonyl (C=O) groups is 1. The van der Waals surface area contributed by atoms with Crippen LogP contribution in [0.5, 0.6) is 5.75 Å². The van der Waals surface area contributed by atoms with Gasteiger partial charge in [-0.3, -0.25) is 14.7 Å². The van der Waals surface area contributed by atoms with E-state index in [9.17, 15) is 4.79 Å². The van der Waals surface area contributed by atoms with Gasteiger partial charge in [0.1, 0.15) is 36.0 Å². The maximum absolute atomic E-state index is 11.7. The molecule has 0 aliphatic carbocycles. The normalized spacial score (nSPS) is 15.1. The molecule has 9 nitrogen and oxygen atoms in total. The van der Waals surface area contributed by atoms with Crippen LogP contribution in [0, 0.1) is 0 Å². The van der Waals surface area contributed by atoms with Gasteiger partial charge in [0.05, 0.1) is 24.3 Å². The van der Waals surface area contributed by atoms with Gasteiger partial charge in [0, 0.05) is 11.1 Å². The standard InChI is InChI=1S/C30H28N6O3.ClH/c31-29(37)27-7-4-14-36(27)17-23-12-13-28(39-23)25-15-24-26(16-32-25)33-19-34-30(24)35-21-8-10-22(11-9-21)38-18-20-5-2-1-3-6-20;/h1-3,5-6,8-13,15-16,19,27H,4,7,14,17-18H2,(H2,31,37)(H,33,34,35);1H. The van der Waals surface area contributed by atoms with Gasteiger partial charge < -0.3 is 20.2 Å². The number of ether oxygens (including phenoxy) is 1. The van der Waals surface area contributed by atoms with E-state index in [-0.39, 0.29) is 24.4 Å². The van der Waals surface area contributed by atoms with Crippen molar-refractivity contribution < 1.29 is 13.9 Å². The van der Waals surface area contributed by atoms with Crippen LogP contribution < -0.4 is 15.8 Å². The van der Waals surface area contributed by atoms with E-state index in [1.54, 1.807) is 6.20 Å². The van der Waals surface area contributed by atoms with Crippen LogP contribution >= 0.6 is 12.4 Å². The van der Waals surface area contributed by atoms with Crippen LogP contribution in [0.4, 0.5) is 11.5 Å². The highest BCUT2D eigenvalue weighted by atomic mass is 35.5. The van der Waals surface area contributed by atoms with E-state index >= 15 is 0 Å². The number of benzene rings is 2. The summed E-state index contributed by atoms with van der Waals surface area (Å²) in [6.45, 7) is 1.87. The van der Waals surface area contributed by atoms with Crippen molar-refractivity contribution in [1.82, 2.24) is 19.9 Å². The van der Waals surface area contributed by atoms with Crippen LogP contribution in [0.1, 0.15) is 24.2 Å². The molecule has 1 atom stereocenters. The van der Waals surface area contributed by atoms with Gasteiger partial charge in [-0.15, -0.1) is 12.4 Å². The third-order valence-corrected chi connectivity index (χ3v) is 6.85. The number of furan rings is 1. The van der Waals surface area contributed by atoms with Crippen molar-refractivity contribution in [3.63, 3.8) is 0 Å². The minimum absolute atomic E-state index is 0. The lowest BCUT2D eigenvalue weighted by molar-refractivity contribution is -0.122. The van der Waals surface area contributed by atoms with E-state index in [0.29, 0.717) is 35.9 Å². The van der Waals surface area contributed by atoms with E-state index < -0.39 is 0 Å². The molecule has 0 radical (unpaired) electrons. The fraction of sp³-hybridized carbons (Fsp3) is 0.200.